The van der Waals surface area contributed by atoms with Gasteiger partial charge in [0.1, 0.15) is 0 Å². The molecule has 0 radical (unpaired) electrons. The maximum absolute atomic E-state index is 8.38. The molecule has 0 aromatic heterocycles. The molecule has 214 valence electrons. The van der Waals surface area contributed by atoms with Crippen molar-refractivity contribution < 1.29 is 38.6 Å². The van der Waals surface area contributed by atoms with Gasteiger partial charge in [-0.05, 0) is 6.42 Å². The Balaban J connectivity index is -0.000000448. The molecule has 0 aromatic carbocycles. The van der Waals surface area contributed by atoms with Crippen LogP contribution in [0.25, 0.3) is 0 Å². The first kappa shape index (κ1) is 41.1. The van der Waals surface area contributed by atoms with Crippen molar-refractivity contribution in [3.05, 3.63) is 0 Å². The molecule has 0 spiro atoms. The molecule has 0 unspecified atom stereocenters. The van der Waals surface area contributed by atoms with E-state index in [9.17, 15) is 0 Å². The Morgan fingerprint density at radius 1 is 0.514 bits per heavy atom. The third-order valence-corrected chi connectivity index (χ3v) is 16.1. The Bertz CT molecular complexity index is 607. The van der Waals surface area contributed by atoms with E-state index in [4.69, 9.17) is 44.4 Å². The quantitative estimate of drug-likeness (QED) is 0.144. The zero-order valence-electron chi connectivity index (χ0n) is 19.9. The Labute approximate surface area is 239 Å². The van der Waals surface area contributed by atoms with Gasteiger partial charge in [0.15, 0.2) is 0 Å². The molecular weight excluding hydrogens is 635 g/mol. The highest BCUT2D eigenvalue weighted by atomic mass is 33.4. The van der Waals surface area contributed by atoms with Gasteiger partial charge in [0.2, 0.25) is 0 Å². The number of aliphatic hydroxyl groups is 2. The molecule has 0 atom stereocenters. The van der Waals surface area contributed by atoms with Gasteiger partial charge in [0.25, 0.3) is 0 Å². The standard InChI is InChI=1S/C9H20O4.C8H19NO4.S9/c1-2-4-11-6-8-13-9-7-12-5-3-10;9-1-3-11-5-7-13-8-6-12-4-2-10;1-3-5-7-9-8-6-4-2/h10H,2-9H2,1H3;10H,1-9H2;. The lowest BCUT2D eigenvalue weighted by Gasteiger charge is -2.05. The largest absolute Gasteiger partial charge is 0.394 e. The number of nitrogens with two attached hydrogens (primary N) is 1. The second kappa shape index (κ2) is 45.5. The van der Waals surface area contributed by atoms with E-state index in [0.717, 1.165) is 13.0 Å². The molecule has 0 bridgehead atoms. The molecule has 0 aliphatic carbocycles. The second-order valence-corrected chi connectivity index (χ2v) is 17.8. The van der Waals surface area contributed by atoms with Crippen molar-refractivity contribution in [1.29, 1.82) is 0 Å². The number of ether oxygens (including phenoxy) is 6. The summed E-state index contributed by atoms with van der Waals surface area (Å²) in [7, 11) is 10.9. The SMILES string of the molecule is CCCOCCOCCOCCO.NCCOCCOCCOCCO.S=S=S=S=S=S=S=S=S. The summed E-state index contributed by atoms with van der Waals surface area (Å²) in [6.45, 7) is 9.39. The van der Waals surface area contributed by atoms with Gasteiger partial charge in [-0.2, -0.15) is 0 Å². The van der Waals surface area contributed by atoms with Crippen LogP contribution in [0, 0.1) is 0 Å². The van der Waals surface area contributed by atoms with Crippen molar-refractivity contribution in [1.82, 2.24) is 0 Å². The first-order valence-electron chi connectivity index (χ1n) is 10.5. The van der Waals surface area contributed by atoms with E-state index < -0.39 is 0 Å². The first-order valence-corrected chi connectivity index (χ1v) is 21.2. The summed E-state index contributed by atoms with van der Waals surface area (Å²) in [5, 5.41) is 16.7. The van der Waals surface area contributed by atoms with E-state index in [-0.39, 0.29) is 13.2 Å². The average molecular weight is 674 g/mol. The lowest BCUT2D eigenvalue weighted by Crippen LogP contribution is -2.14. The lowest BCUT2D eigenvalue weighted by atomic mass is 10.5. The van der Waals surface area contributed by atoms with Crippen LogP contribution >= 0.6 is 0 Å². The molecule has 0 aliphatic heterocycles. The minimum Gasteiger partial charge on any atom is -0.394 e. The summed E-state index contributed by atoms with van der Waals surface area (Å²) in [5.41, 5.74) is 5.21. The van der Waals surface area contributed by atoms with Crippen LogP contribution < -0.4 is 5.73 Å². The monoisotopic (exact) mass is 673 g/mol. The topological polar surface area (TPSA) is 122 Å². The molecule has 0 rings (SSSR count). The molecule has 18 heteroatoms. The van der Waals surface area contributed by atoms with E-state index in [1.165, 1.54) is 17.8 Å². The minimum absolute atomic E-state index is 0.0552. The molecule has 0 saturated carbocycles. The predicted octanol–water partition coefficient (Wildman–Crippen LogP) is -0.596. The highest BCUT2D eigenvalue weighted by Crippen LogP contribution is 1.83. The van der Waals surface area contributed by atoms with Gasteiger partial charge in [-0.1, -0.05) is 6.92 Å². The zero-order valence-corrected chi connectivity index (χ0v) is 27.3. The van der Waals surface area contributed by atoms with E-state index in [2.05, 4.69) is 29.3 Å². The Morgan fingerprint density at radius 3 is 1.14 bits per heavy atom. The summed E-state index contributed by atoms with van der Waals surface area (Å²) in [6.07, 6.45) is 1.04. The molecule has 4 N–H and O–H groups in total. The fourth-order valence-corrected chi connectivity index (χ4v) is 15.2. The molecule has 0 saturated heterocycles. The van der Waals surface area contributed by atoms with E-state index in [1.54, 1.807) is 44.4 Å². The third-order valence-electron chi connectivity index (χ3n) is 2.74. The normalized spacial score (nSPS) is 9.60. The fraction of sp³-hybridized carbons (Fsp3) is 1.00. The predicted molar refractivity (Wildman–Crippen MR) is 165 cm³/mol. The minimum atomic E-state index is 0.0552. The van der Waals surface area contributed by atoms with Crippen LogP contribution in [0.15, 0.2) is 0 Å². The van der Waals surface area contributed by atoms with Crippen molar-refractivity contribution in [2.24, 2.45) is 5.73 Å². The summed E-state index contributed by atoms with van der Waals surface area (Å²) >= 11 is 9.27. The van der Waals surface area contributed by atoms with Crippen molar-refractivity contribution in [2.45, 2.75) is 13.3 Å². The van der Waals surface area contributed by atoms with Crippen molar-refractivity contribution in [3.8, 4) is 0 Å². The maximum atomic E-state index is 8.38. The molecule has 0 fully saturated rings. The van der Waals surface area contributed by atoms with E-state index in [1.807, 2.05) is 0 Å². The molecule has 0 aliphatic rings. The first-order chi connectivity index (χ1) is 17.2. The highest BCUT2D eigenvalue weighted by molar-refractivity contribution is 8.72. The fourth-order valence-electron chi connectivity index (χ4n) is 1.50. The van der Waals surface area contributed by atoms with Gasteiger partial charge in [-0.3, -0.25) is 0 Å². The third kappa shape index (κ3) is 52.8. The molecule has 35 heavy (non-hydrogen) atoms. The van der Waals surface area contributed by atoms with Crippen LogP contribution in [0.1, 0.15) is 13.3 Å². The van der Waals surface area contributed by atoms with Gasteiger partial charge < -0.3 is 44.4 Å². The summed E-state index contributed by atoms with van der Waals surface area (Å²) in [6, 6.07) is 0. The van der Waals surface area contributed by atoms with Crippen LogP contribution in [0.4, 0.5) is 0 Å². The Kier molecular flexibility index (Phi) is 53.5. The number of hydrogen-bond donors (Lipinski definition) is 3. The maximum Gasteiger partial charge on any atom is 0.0701 e. The number of aliphatic hydroxyl groups excluding tert-OH is 2. The molecular formula is C17H39NO8S9. The van der Waals surface area contributed by atoms with Crippen LogP contribution in [-0.4, -0.2) is 109 Å². The lowest BCUT2D eigenvalue weighted by molar-refractivity contribution is 0.00783. The summed E-state index contributed by atoms with van der Waals surface area (Å²) < 4.78 is 30.6. The summed E-state index contributed by atoms with van der Waals surface area (Å²) in [5.74, 6) is 0. The zero-order chi connectivity index (χ0) is 26.5. The van der Waals surface area contributed by atoms with Gasteiger partial charge in [-0.15, -0.1) is 0 Å². The van der Waals surface area contributed by atoms with E-state index in [0.29, 0.717) is 79.2 Å². The van der Waals surface area contributed by atoms with Crippen LogP contribution in [0.5, 0.6) is 0 Å². The van der Waals surface area contributed by atoms with Gasteiger partial charge in [-0.25, -0.2) is 0 Å². The van der Waals surface area contributed by atoms with E-state index >= 15 is 0 Å². The number of rotatable bonds is 20. The smallest absolute Gasteiger partial charge is 0.0701 e. The Morgan fingerprint density at radius 2 is 0.829 bits per heavy atom. The van der Waals surface area contributed by atoms with Gasteiger partial charge >= 0.3 is 0 Å². The van der Waals surface area contributed by atoms with Crippen LogP contribution in [-0.2, 0) is 113 Å². The Hall–Kier alpha value is 1.62. The van der Waals surface area contributed by atoms with Gasteiger partial charge in [0.05, 0.1) is 85.9 Å². The molecule has 0 aromatic rings. The average Bonchev–Trinajstić information content (AvgIpc) is 2.88. The summed E-state index contributed by atoms with van der Waals surface area (Å²) in [4.78, 5) is 0. The van der Waals surface area contributed by atoms with Crippen molar-refractivity contribution in [3.63, 3.8) is 0 Å². The van der Waals surface area contributed by atoms with Crippen LogP contribution in [0.3, 0.4) is 0 Å². The molecule has 9 nitrogen and oxygen atoms in total. The molecule has 0 amide bonds. The highest BCUT2D eigenvalue weighted by Gasteiger charge is 1.90. The van der Waals surface area contributed by atoms with Crippen LogP contribution in [0.2, 0.25) is 0 Å². The van der Waals surface area contributed by atoms with Gasteiger partial charge in [0, 0.05) is 97.7 Å². The van der Waals surface area contributed by atoms with Crippen molar-refractivity contribution in [2.75, 3.05) is 99.0 Å². The van der Waals surface area contributed by atoms with Crippen molar-refractivity contribution >= 4 is 84.5 Å². The second-order valence-electron chi connectivity index (χ2n) is 5.39. The molecule has 0 heterocycles. The number of hydrogen-bond acceptors (Lipinski definition) is 11.